The van der Waals surface area contributed by atoms with Gasteiger partial charge in [-0.3, -0.25) is 9.59 Å². The number of rotatable bonds is 9. The Morgan fingerprint density at radius 2 is 1.45 bits per heavy atom. The Morgan fingerprint density at radius 1 is 0.939 bits per heavy atom. The third-order valence-corrected chi connectivity index (χ3v) is 5.87. The first-order chi connectivity index (χ1) is 15.9. The second-order valence-corrected chi connectivity index (χ2v) is 8.09. The van der Waals surface area contributed by atoms with E-state index in [1.54, 1.807) is 68.5 Å². The van der Waals surface area contributed by atoms with Gasteiger partial charge in [-0.15, -0.1) is 0 Å². The molecule has 170 valence electrons. The average Bonchev–Trinajstić information content (AvgIpc) is 2.87. The number of carbonyl (C=O) groups is 2. The molecule has 0 heterocycles. The topological polar surface area (TPSA) is 92.4 Å². The molecule has 0 radical (unpaired) electrons. The van der Waals surface area contributed by atoms with Crippen LogP contribution < -0.4 is 11.1 Å². The number of ketones is 1. The van der Waals surface area contributed by atoms with Gasteiger partial charge in [0.15, 0.2) is 5.78 Å². The summed E-state index contributed by atoms with van der Waals surface area (Å²) >= 11 is 0. The number of hydrogen-bond acceptors (Lipinski definition) is 4. The molecule has 0 aromatic heterocycles. The molecule has 5 nitrogen and oxygen atoms in total. The lowest BCUT2D eigenvalue weighted by Crippen LogP contribution is -2.62. The van der Waals surface area contributed by atoms with E-state index in [1.165, 1.54) is 0 Å². The van der Waals surface area contributed by atoms with Gasteiger partial charge in [-0.2, -0.15) is 0 Å². The van der Waals surface area contributed by atoms with E-state index in [4.69, 9.17) is 5.73 Å². The van der Waals surface area contributed by atoms with Gasteiger partial charge >= 0.3 is 0 Å². The van der Waals surface area contributed by atoms with E-state index in [2.05, 4.69) is 5.32 Å². The van der Waals surface area contributed by atoms with Crippen molar-refractivity contribution in [2.24, 2.45) is 5.73 Å². The Balaban J connectivity index is 1.98. The van der Waals surface area contributed by atoms with E-state index >= 15 is 0 Å². The standard InChI is InChI=1S/C28H30N2O3/c1-3-28(33,23-17-11-6-12-18-23)26(24(29)25(31)22-15-9-5-10-16-22)30-27(32)20(2)19-21-13-7-4-8-14-21/h4-19,24,26,33H,3,29H2,1-2H3,(H,30,32). The largest absolute Gasteiger partial charge is 0.383 e. The fraction of sp³-hybridized carbons (Fsp3) is 0.214. The zero-order valence-corrected chi connectivity index (χ0v) is 18.9. The highest BCUT2D eigenvalue weighted by Crippen LogP contribution is 2.31. The van der Waals surface area contributed by atoms with Gasteiger partial charge in [-0.05, 0) is 30.5 Å². The van der Waals surface area contributed by atoms with E-state index < -0.39 is 23.6 Å². The zero-order valence-electron chi connectivity index (χ0n) is 18.9. The number of carbonyl (C=O) groups excluding carboxylic acids is 2. The minimum atomic E-state index is -1.55. The first-order valence-corrected chi connectivity index (χ1v) is 11.0. The van der Waals surface area contributed by atoms with Crippen molar-refractivity contribution in [1.82, 2.24) is 5.32 Å². The summed E-state index contributed by atoms with van der Waals surface area (Å²) in [5.74, 6) is -0.753. The first kappa shape index (κ1) is 24.1. The summed E-state index contributed by atoms with van der Waals surface area (Å²) in [6, 6.07) is 24.9. The highest BCUT2D eigenvalue weighted by atomic mass is 16.3. The van der Waals surface area contributed by atoms with Crippen LogP contribution in [0.25, 0.3) is 6.08 Å². The molecule has 0 aliphatic carbocycles. The van der Waals surface area contributed by atoms with Crippen LogP contribution in [0.1, 0.15) is 41.8 Å². The summed E-state index contributed by atoms with van der Waals surface area (Å²) in [7, 11) is 0. The van der Waals surface area contributed by atoms with E-state index in [1.807, 2.05) is 42.5 Å². The summed E-state index contributed by atoms with van der Waals surface area (Å²) < 4.78 is 0. The quantitative estimate of drug-likeness (QED) is 0.344. The number of Topliss-reactive ketones (excluding diaryl/α,β-unsaturated/α-hetero) is 1. The second-order valence-electron chi connectivity index (χ2n) is 8.09. The second kappa shape index (κ2) is 10.9. The minimum Gasteiger partial charge on any atom is -0.383 e. The lowest BCUT2D eigenvalue weighted by Gasteiger charge is -2.39. The SMILES string of the molecule is CCC(O)(c1ccccc1)C(NC(=O)C(C)=Cc1ccccc1)C(N)C(=O)c1ccccc1. The molecule has 4 N–H and O–H groups in total. The molecule has 0 fully saturated rings. The van der Waals surface area contributed by atoms with Crippen LogP contribution in [-0.4, -0.2) is 28.9 Å². The monoisotopic (exact) mass is 442 g/mol. The zero-order chi connectivity index (χ0) is 23.8. The van der Waals surface area contributed by atoms with Gasteiger partial charge in [0.05, 0.1) is 12.1 Å². The Kier molecular flexibility index (Phi) is 7.93. The fourth-order valence-corrected chi connectivity index (χ4v) is 3.90. The van der Waals surface area contributed by atoms with Crippen molar-refractivity contribution in [1.29, 1.82) is 0 Å². The van der Waals surface area contributed by atoms with Crippen molar-refractivity contribution in [2.75, 3.05) is 0 Å². The normalized spacial score (nSPS) is 15.2. The molecule has 0 bridgehead atoms. The molecule has 0 aliphatic rings. The Labute approximate surface area is 195 Å². The van der Waals surface area contributed by atoms with Gasteiger partial charge in [0.2, 0.25) is 5.91 Å². The molecule has 3 unspecified atom stereocenters. The summed E-state index contributed by atoms with van der Waals surface area (Å²) in [4.78, 5) is 26.4. The van der Waals surface area contributed by atoms with Gasteiger partial charge in [0.1, 0.15) is 5.60 Å². The number of nitrogens with one attached hydrogen (secondary N) is 1. The van der Waals surface area contributed by atoms with E-state index in [0.29, 0.717) is 16.7 Å². The van der Waals surface area contributed by atoms with Gasteiger partial charge < -0.3 is 16.2 Å². The average molecular weight is 443 g/mol. The summed E-state index contributed by atoms with van der Waals surface area (Å²) in [5, 5.41) is 14.6. The van der Waals surface area contributed by atoms with Gasteiger partial charge in [0.25, 0.3) is 0 Å². The lowest BCUT2D eigenvalue weighted by molar-refractivity contribution is -0.121. The van der Waals surface area contributed by atoms with Crippen molar-refractivity contribution in [3.8, 4) is 0 Å². The maximum absolute atomic E-state index is 13.2. The molecule has 0 aliphatic heterocycles. The van der Waals surface area contributed by atoms with Crippen LogP contribution in [0.3, 0.4) is 0 Å². The van der Waals surface area contributed by atoms with E-state index in [-0.39, 0.29) is 12.2 Å². The molecule has 0 saturated heterocycles. The van der Waals surface area contributed by atoms with E-state index in [9.17, 15) is 14.7 Å². The van der Waals surface area contributed by atoms with Crippen LogP contribution >= 0.6 is 0 Å². The van der Waals surface area contributed by atoms with Crippen molar-refractivity contribution in [3.05, 3.63) is 113 Å². The predicted octanol–water partition coefficient (Wildman–Crippen LogP) is 4.08. The Morgan fingerprint density at radius 3 is 2.00 bits per heavy atom. The van der Waals surface area contributed by atoms with Crippen molar-refractivity contribution >= 4 is 17.8 Å². The van der Waals surface area contributed by atoms with Crippen molar-refractivity contribution in [2.45, 2.75) is 38.0 Å². The molecule has 3 atom stereocenters. The van der Waals surface area contributed by atoms with Gasteiger partial charge in [0, 0.05) is 11.1 Å². The van der Waals surface area contributed by atoms with Gasteiger partial charge in [-0.1, -0.05) is 97.9 Å². The van der Waals surface area contributed by atoms with Crippen LogP contribution in [-0.2, 0) is 10.4 Å². The van der Waals surface area contributed by atoms with Crippen LogP contribution in [0, 0.1) is 0 Å². The Hall–Kier alpha value is -3.54. The summed E-state index contributed by atoms with van der Waals surface area (Å²) in [5.41, 5.74) is 7.22. The first-order valence-electron chi connectivity index (χ1n) is 11.0. The van der Waals surface area contributed by atoms with E-state index in [0.717, 1.165) is 5.56 Å². The number of aliphatic hydroxyl groups is 1. The van der Waals surface area contributed by atoms with Crippen molar-refractivity contribution in [3.63, 3.8) is 0 Å². The summed E-state index contributed by atoms with van der Waals surface area (Å²) in [6.45, 7) is 3.50. The minimum absolute atomic E-state index is 0.249. The molecular formula is C28H30N2O3. The van der Waals surface area contributed by atoms with Crippen molar-refractivity contribution < 1.29 is 14.7 Å². The number of benzene rings is 3. The highest BCUT2D eigenvalue weighted by molar-refractivity contribution is 6.02. The van der Waals surface area contributed by atoms with Crippen LogP contribution in [0.15, 0.2) is 96.6 Å². The lowest BCUT2D eigenvalue weighted by atomic mass is 9.78. The molecule has 3 aromatic carbocycles. The molecule has 0 spiro atoms. The molecule has 3 aromatic rings. The predicted molar refractivity (Wildman–Crippen MR) is 131 cm³/mol. The number of hydrogen-bond donors (Lipinski definition) is 3. The number of nitrogens with two attached hydrogens (primary N) is 1. The Bertz CT molecular complexity index is 1100. The summed E-state index contributed by atoms with van der Waals surface area (Å²) in [6.07, 6.45) is 2.00. The maximum atomic E-state index is 13.2. The van der Waals surface area contributed by atoms with Crippen LogP contribution in [0.4, 0.5) is 0 Å². The molecule has 1 amide bonds. The molecule has 33 heavy (non-hydrogen) atoms. The van der Waals surface area contributed by atoms with Gasteiger partial charge in [-0.25, -0.2) is 0 Å². The van der Waals surface area contributed by atoms with Crippen LogP contribution in [0.2, 0.25) is 0 Å². The smallest absolute Gasteiger partial charge is 0.247 e. The van der Waals surface area contributed by atoms with Crippen LogP contribution in [0.5, 0.6) is 0 Å². The third-order valence-electron chi connectivity index (χ3n) is 5.87. The number of amides is 1. The third kappa shape index (κ3) is 5.64. The molecule has 3 rings (SSSR count). The maximum Gasteiger partial charge on any atom is 0.247 e. The molecule has 5 heteroatoms. The highest BCUT2D eigenvalue weighted by Gasteiger charge is 2.44. The molecular weight excluding hydrogens is 412 g/mol. The fourth-order valence-electron chi connectivity index (χ4n) is 3.90. The molecule has 0 saturated carbocycles.